The van der Waals surface area contributed by atoms with Crippen molar-refractivity contribution in [3.8, 4) is 0 Å². The first-order valence-corrected chi connectivity index (χ1v) is 7.01. The zero-order valence-corrected chi connectivity index (χ0v) is 10.5. The summed E-state index contributed by atoms with van der Waals surface area (Å²) in [5.41, 5.74) is 0. The van der Waals surface area contributed by atoms with Gasteiger partial charge in [-0.25, -0.2) is 8.42 Å². The van der Waals surface area contributed by atoms with Crippen LogP contribution in [0.15, 0.2) is 0 Å². The number of hydrogen-bond donors (Lipinski definition) is 0. The van der Waals surface area contributed by atoms with Crippen molar-refractivity contribution in [1.82, 2.24) is 4.31 Å². The van der Waals surface area contributed by atoms with Gasteiger partial charge < -0.3 is 0 Å². The highest BCUT2D eigenvalue weighted by Gasteiger charge is 2.38. The first-order valence-electron chi connectivity index (χ1n) is 4.98. The Kier molecular flexibility index (Phi) is 3.83. The number of halogens is 1. The average molecular weight is 240 g/mol. The summed E-state index contributed by atoms with van der Waals surface area (Å²) in [5.74, 6) is 0.618. The molecule has 0 spiro atoms. The smallest absolute Gasteiger partial charge is 0.212 e. The molecule has 0 aliphatic carbocycles. The molecule has 1 saturated heterocycles. The molecule has 0 aromatic carbocycles. The molecule has 0 aromatic heterocycles. The lowest BCUT2D eigenvalue weighted by atomic mass is 10.1. The molecule has 0 aromatic rings. The molecular weight excluding hydrogens is 222 g/mol. The van der Waals surface area contributed by atoms with Gasteiger partial charge >= 0.3 is 0 Å². The van der Waals surface area contributed by atoms with Gasteiger partial charge in [0.05, 0.1) is 5.25 Å². The second-order valence-corrected chi connectivity index (χ2v) is 6.74. The molecule has 0 N–H and O–H groups in total. The topological polar surface area (TPSA) is 37.4 Å². The minimum absolute atomic E-state index is 0.116. The molecule has 1 rings (SSSR count). The van der Waals surface area contributed by atoms with E-state index in [2.05, 4.69) is 6.92 Å². The van der Waals surface area contributed by atoms with Gasteiger partial charge in [-0.3, -0.25) is 0 Å². The van der Waals surface area contributed by atoms with Crippen LogP contribution in [0.25, 0.3) is 0 Å². The number of sulfonamides is 1. The van der Waals surface area contributed by atoms with E-state index in [1.165, 1.54) is 0 Å². The third kappa shape index (κ3) is 2.07. The van der Waals surface area contributed by atoms with Crippen molar-refractivity contribution in [3.05, 3.63) is 0 Å². The highest BCUT2D eigenvalue weighted by Crippen LogP contribution is 2.28. The summed E-state index contributed by atoms with van der Waals surface area (Å²) in [7, 11) is -3.17. The Hall–Kier alpha value is 0.200. The molecular formula is C9H18ClNO2S. The maximum Gasteiger partial charge on any atom is 0.218 e. The molecule has 1 aliphatic rings. The lowest BCUT2D eigenvalue weighted by Gasteiger charge is -2.25. The maximum atomic E-state index is 12.0. The Morgan fingerprint density at radius 2 is 2.07 bits per heavy atom. The van der Waals surface area contributed by atoms with E-state index in [0.29, 0.717) is 12.5 Å². The van der Waals surface area contributed by atoms with E-state index >= 15 is 0 Å². The first-order chi connectivity index (χ1) is 6.41. The van der Waals surface area contributed by atoms with E-state index in [9.17, 15) is 8.42 Å². The molecule has 1 fully saturated rings. The van der Waals surface area contributed by atoms with Crippen LogP contribution in [0.4, 0.5) is 0 Å². The van der Waals surface area contributed by atoms with Crippen molar-refractivity contribution in [1.29, 1.82) is 0 Å². The maximum absolute atomic E-state index is 12.0. The third-order valence-corrected chi connectivity index (χ3v) is 6.13. The fraction of sp³-hybridized carbons (Fsp3) is 1.00. The highest BCUT2D eigenvalue weighted by molar-refractivity contribution is 7.89. The van der Waals surface area contributed by atoms with E-state index in [4.69, 9.17) is 11.6 Å². The second kappa shape index (κ2) is 4.37. The van der Waals surface area contributed by atoms with Crippen LogP contribution in [0.5, 0.6) is 0 Å². The van der Waals surface area contributed by atoms with Crippen molar-refractivity contribution in [2.45, 2.75) is 38.5 Å². The molecule has 3 unspecified atom stereocenters. The van der Waals surface area contributed by atoms with Gasteiger partial charge in [-0.2, -0.15) is 4.31 Å². The van der Waals surface area contributed by atoms with Gasteiger partial charge in [-0.05, 0) is 26.2 Å². The molecule has 0 radical (unpaired) electrons. The average Bonchev–Trinajstić information content (AvgIpc) is 2.46. The Balaban J connectivity index is 2.84. The summed E-state index contributed by atoms with van der Waals surface area (Å²) >= 11 is 5.59. The molecule has 1 aliphatic heterocycles. The van der Waals surface area contributed by atoms with Crippen molar-refractivity contribution >= 4 is 21.6 Å². The largest absolute Gasteiger partial charge is 0.218 e. The van der Waals surface area contributed by atoms with Crippen LogP contribution < -0.4 is 0 Å². The van der Waals surface area contributed by atoms with E-state index in [-0.39, 0.29) is 11.9 Å². The van der Waals surface area contributed by atoms with Crippen LogP contribution in [0.3, 0.4) is 0 Å². The minimum atomic E-state index is -3.17. The molecule has 5 heteroatoms. The van der Waals surface area contributed by atoms with Crippen LogP contribution in [0.2, 0.25) is 0 Å². The van der Waals surface area contributed by atoms with Gasteiger partial charge in [0.15, 0.2) is 0 Å². The Morgan fingerprint density at radius 3 is 2.43 bits per heavy atom. The van der Waals surface area contributed by atoms with E-state index in [1.54, 1.807) is 11.2 Å². The third-order valence-electron chi connectivity index (χ3n) is 3.14. The second-order valence-electron chi connectivity index (χ2n) is 4.13. The zero-order chi connectivity index (χ0) is 10.9. The quantitative estimate of drug-likeness (QED) is 0.703. The van der Waals surface area contributed by atoms with Gasteiger partial charge in [0.2, 0.25) is 10.0 Å². The molecule has 84 valence electrons. The SMILES string of the molecule is CC1CCN(S(=O)(=O)C(C)CCl)C1C. The van der Waals surface area contributed by atoms with Crippen LogP contribution in [0, 0.1) is 5.92 Å². The Bertz CT molecular complexity index is 291. The molecule has 0 amide bonds. The van der Waals surface area contributed by atoms with Crippen LogP contribution in [-0.2, 0) is 10.0 Å². The van der Waals surface area contributed by atoms with E-state index in [0.717, 1.165) is 6.42 Å². The number of hydrogen-bond acceptors (Lipinski definition) is 2. The molecule has 1 heterocycles. The summed E-state index contributed by atoms with van der Waals surface area (Å²) < 4.78 is 25.5. The lowest BCUT2D eigenvalue weighted by Crippen LogP contribution is -2.41. The van der Waals surface area contributed by atoms with Crippen LogP contribution in [0.1, 0.15) is 27.2 Å². The van der Waals surface area contributed by atoms with Crippen molar-refractivity contribution in [2.24, 2.45) is 5.92 Å². The van der Waals surface area contributed by atoms with Gasteiger partial charge in [0, 0.05) is 18.5 Å². The molecule has 3 nitrogen and oxygen atoms in total. The molecule has 0 bridgehead atoms. The van der Waals surface area contributed by atoms with E-state index < -0.39 is 15.3 Å². The number of alkyl halides is 1. The normalized spacial score (nSPS) is 32.0. The molecule has 14 heavy (non-hydrogen) atoms. The summed E-state index contributed by atoms with van der Waals surface area (Å²) in [6, 6.07) is 0.116. The zero-order valence-electron chi connectivity index (χ0n) is 8.90. The summed E-state index contributed by atoms with van der Waals surface area (Å²) in [5, 5.41) is -0.475. The van der Waals surface area contributed by atoms with Crippen LogP contribution >= 0.6 is 11.6 Å². The predicted octanol–water partition coefficient (Wildman–Crippen LogP) is 1.67. The highest BCUT2D eigenvalue weighted by atomic mass is 35.5. The van der Waals surface area contributed by atoms with Gasteiger partial charge in [0.25, 0.3) is 0 Å². The molecule has 0 saturated carbocycles. The Labute approximate surface area is 91.5 Å². The van der Waals surface area contributed by atoms with Gasteiger partial charge in [-0.1, -0.05) is 6.92 Å². The Morgan fingerprint density at radius 1 is 1.50 bits per heavy atom. The summed E-state index contributed by atoms with van der Waals surface area (Å²) in [6.45, 7) is 6.37. The van der Waals surface area contributed by atoms with Gasteiger partial charge in [0.1, 0.15) is 0 Å². The monoisotopic (exact) mass is 239 g/mol. The summed E-state index contributed by atoms with van der Waals surface area (Å²) in [6.07, 6.45) is 0.954. The standard InChI is InChI=1S/C9H18ClNO2S/c1-7-4-5-11(9(7)3)14(12,13)8(2)6-10/h7-9H,4-6H2,1-3H3. The first kappa shape index (κ1) is 12.3. The van der Waals surface area contributed by atoms with Crippen molar-refractivity contribution in [2.75, 3.05) is 12.4 Å². The number of rotatable bonds is 3. The van der Waals surface area contributed by atoms with Crippen molar-refractivity contribution in [3.63, 3.8) is 0 Å². The fourth-order valence-corrected chi connectivity index (χ4v) is 3.86. The molecule has 3 atom stereocenters. The predicted molar refractivity (Wildman–Crippen MR) is 59.1 cm³/mol. The summed E-state index contributed by atoms with van der Waals surface area (Å²) in [4.78, 5) is 0. The fourth-order valence-electron chi connectivity index (χ4n) is 1.73. The van der Waals surface area contributed by atoms with Crippen LogP contribution in [-0.4, -0.2) is 36.4 Å². The lowest BCUT2D eigenvalue weighted by molar-refractivity contribution is 0.368. The van der Waals surface area contributed by atoms with Crippen molar-refractivity contribution < 1.29 is 8.42 Å². The minimum Gasteiger partial charge on any atom is -0.212 e. The van der Waals surface area contributed by atoms with E-state index in [1.807, 2.05) is 6.92 Å². The number of nitrogens with zero attached hydrogens (tertiary/aromatic N) is 1. The van der Waals surface area contributed by atoms with Gasteiger partial charge in [-0.15, -0.1) is 11.6 Å².